The summed E-state index contributed by atoms with van der Waals surface area (Å²) in [6.45, 7) is 7.00. The first-order valence-corrected chi connectivity index (χ1v) is 12.3. The number of hydrogen-bond donors (Lipinski definition) is 1. The molecule has 7 heteroatoms. The number of carbonyl (C=O) groups is 1. The molecule has 0 saturated carbocycles. The molecular weight excluding hydrogens is 418 g/mol. The van der Waals surface area contributed by atoms with Crippen molar-refractivity contribution < 1.29 is 4.79 Å². The van der Waals surface area contributed by atoms with E-state index in [1.165, 1.54) is 36.6 Å². The Morgan fingerprint density at radius 2 is 1.75 bits per heavy atom. The molecule has 32 heavy (non-hydrogen) atoms. The van der Waals surface area contributed by atoms with E-state index in [4.69, 9.17) is 0 Å². The summed E-state index contributed by atoms with van der Waals surface area (Å²) in [6, 6.07) is 18.2. The maximum absolute atomic E-state index is 12.8. The number of piperidine rings is 1. The van der Waals surface area contributed by atoms with Crippen molar-refractivity contribution in [3.8, 4) is 5.69 Å². The quantitative estimate of drug-likeness (QED) is 0.494. The summed E-state index contributed by atoms with van der Waals surface area (Å²) in [5.74, 6) is 0.878. The van der Waals surface area contributed by atoms with Crippen molar-refractivity contribution in [3.05, 3.63) is 66.0 Å². The van der Waals surface area contributed by atoms with Gasteiger partial charge in [-0.1, -0.05) is 55.4 Å². The number of benzene rings is 2. The zero-order valence-electron chi connectivity index (χ0n) is 18.8. The molecule has 6 nitrogen and oxygen atoms in total. The number of hydrogen-bond acceptors (Lipinski definition) is 5. The van der Waals surface area contributed by atoms with E-state index in [1.807, 2.05) is 49.4 Å². The Labute approximate surface area is 194 Å². The van der Waals surface area contributed by atoms with Gasteiger partial charge in [0.15, 0.2) is 11.0 Å². The topological polar surface area (TPSA) is 63.1 Å². The molecule has 1 fully saturated rings. The molecule has 0 spiro atoms. The minimum absolute atomic E-state index is 0.0422. The number of anilines is 1. The zero-order valence-corrected chi connectivity index (χ0v) is 19.6. The van der Waals surface area contributed by atoms with Gasteiger partial charge < -0.3 is 5.32 Å². The maximum atomic E-state index is 12.8. The molecule has 1 saturated heterocycles. The Balaban J connectivity index is 1.50. The van der Waals surface area contributed by atoms with Crippen LogP contribution in [0, 0.1) is 0 Å². The van der Waals surface area contributed by atoms with E-state index in [0.29, 0.717) is 0 Å². The van der Waals surface area contributed by atoms with Gasteiger partial charge in [-0.15, -0.1) is 10.2 Å². The summed E-state index contributed by atoms with van der Waals surface area (Å²) in [5, 5.41) is 12.5. The van der Waals surface area contributed by atoms with Crippen LogP contribution in [-0.4, -0.2) is 43.9 Å². The van der Waals surface area contributed by atoms with Crippen LogP contribution in [0.5, 0.6) is 0 Å². The second-order valence-corrected chi connectivity index (χ2v) is 9.51. The highest BCUT2D eigenvalue weighted by Gasteiger charge is 2.23. The third-order valence-electron chi connectivity index (χ3n) is 5.81. The Bertz CT molecular complexity index is 1010. The summed E-state index contributed by atoms with van der Waals surface area (Å²) in [6.07, 6.45) is 4.75. The molecule has 2 aromatic carbocycles. The van der Waals surface area contributed by atoms with Crippen molar-refractivity contribution in [2.24, 2.45) is 0 Å². The number of rotatable bonds is 8. The summed E-state index contributed by atoms with van der Waals surface area (Å²) in [7, 11) is 0. The van der Waals surface area contributed by atoms with Crippen LogP contribution in [-0.2, 0) is 17.8 Å². The molecule has 0 radical (unpaired) electrons. The SMILES string of the molecule is CCc1ccc(NC(=O)C(C)Sc2nnc(CN3CCCCC3)n2-c2ccccc2)cc1. The molecule has 4 rings (SSSR count). The van der Waals surface area contributed by atoms with Gasteiger partial charge >= 0.3 is 0 Å². The van der Waals surface area contributed by atoms with Gasteiger partial charge in [-0.05, 0) is 69.1 Å². The first-order chi connectivity index (χ1) is 15.6. The number of likely N-dealkylation sites (tertiary alicyclic amines) is 1. The summed E-state index contributed by atoms with van der Waals surface area (Å²) in [5.41, 5.74) is 3.09. The van der Waals surface area contributed by atoms with E-state index >= 15 is 0 Å². The van der Waals surface area contributed by atoms with E-state index < -0.39 is 0 Å². The fraction of sp³-hybridized carbons (Fsp3) is 0.400. The number of thioether (sulfide) groups is 1. The average Bonchev–Trinajstić information content (AvgIpc) is 3.22. The molecule has 3 aromatic rings. The highest BCUT2D eigenvalue weighted by Crippen LogP contribution is 2.27. The fourth-order valence-electron chi connectivity index (χ4n) is 3.91. The van der Waals surface area contributed by atoms with Crippen molar-refractivity contribution >= 4 is 23.4 Å². The number of aryl methyl sites for hydroxylation is 1. The second kappa shape index (κ2) is 10.8. The molecule has 1 atom stereocenters. The van der Waals surface area contributed by atoms with Gasteiger partial charge in [0.05, 0.1) is 11.8 Å². The van der Waals surface area contributed by atoms with Crippen LogP contribution in [0.4, 0.5) is 5.69 Å². The lowest BCUT2D eigenvalue weighted by atomic mass is 10.1. The van der Waals surface area contributed by atoms with Gasteiger partial charge in [0.25, 0.3) is 0 Å². The van der Waals surface area contributed by atoms with Crippen LogP contribution in [0.2, 0.25) is 0 Å². The van der Waals surface area contributed by atoms with Crippen LogP contribution < -0.4 is 5.32 Å². The minimum Gasteiger partial charge on any atom is -0.325 e. The second-order valence-electron chi connectivity index (χ2n) is 8.21. The van der Waals surface area contributed by atoms with Crippen LogP contribution >= 0.6 is 11.8 Å². The summed E-state index contributed by atoms with van der Waals surface area (Å²) in [4.78, 5) is 15.3. The Hall–Kier alpha value is -2.64. The zero-order chi connectivity index (χ0) is 22.3. The molecule has 1 aromatic heterocycles. The first kappa shape index (κ1) is 22.6. The number of nitrogens with one attached hydrogen (secondary N) is 1. The van der Waals surface area contributed by atoms with Gasteiger partial charge in [0, 0.05) is 11.4 Å². The third kappa shape index (κ3) is 5.58. The summed E-state index contributed by atoms with van der Waals surface area (Å²) >= 11 is 1.44. The average molecular weight is 450 g/mol. The van der Waals surface area contributed by atoms with Crippen molar-refractivity contribution in [2.45, 2.75) is 56.5 Å². The van der Waals surface area contributed by atoms with E-state index in [-0.39, 0.29) is 11.2 Å². The highest BCUT2D eigenvalue weighted by atomic mass is 32.2. The van der Waals surface area contributed by atoms with Crippen LogP contribution in [0.25, 0.3) is 5.69 Å². The third-order valence-corrected chi connectivity index (χ3v) is 6.85. The lowest BCUT2D eigenvalue weighted by Crippen LogP contribution is -2.30. The monoisotopic (exact) mass is 449 g/mol. The Morgan fingerprint density at radius 3 is 2.44 bits per heavy atom. The van der Waals surface area contributed by atoms with Gasteiger partial charge in [0.1, 0.15) is 0 Å². The lowest BCUT2D eigenvalue weighted by molar-refractivity contribution is -0.115. The minimum atomic E-state index is -0.310. The number of nitrogens with zero attached hydrogens (tertiary/aromatic N) is 4. The van der Waals surface area contributed by atoms with E-state index in [9.17, 15) is 4.79 Å². The fourth-order valence-corrected chi connectivity index (χ4v) is 4.80. The number of para-hydroxylation sites is 1. The van der Waals surface area contributed by atoms with E-state index in [1.54, 1.807) is 0 Å². The lowest BCUT2D eigenvalue weighted by Gasteiger charge is -2.26. The number of aromatic nitrogens is 3. The number of carbonyl (C=O) groups excluding carboxylic acids is 1. The van der Waals surface area contributed by atoms with Gasteiger partial charge in [-0.2, -0.15) is 0 Å². The molecular formula is C25H31N5OS. The van der Waals surface area contributed by atoms with Crippen molar-refractivity contribution in [3.63, 3.8) is 0 Å². The van der Waals surface area contributed by atoms with Crippen LogP contribution in [0.15, 0.2) is 59.8 Å². The molecule has 1 N–H and O–H groups in total. The molecule has 0 aliphatic carbocycles. The molecule has 1 aliphatic heterocycles. The van der Waals surface area contributed by atoms with E-state index in [0.717, 1.165) is 48.4 Å². The molecule has 0 bridgehead atoms. The van der Waals surface area contributed by atoms with E-state index in [2.05, 4.69) is 44.0 Å². The van der Waals surface area contributed by atoms with Gasteiger partial charge in [-0.3, -0.25) is 14.3 Å². The largest absolute Gasteiger partial charge is 0.325 e. The first-order valence-electron chi connectivity index (χ1n) is 11.4. The normalized spacial score (nSPS) is 15.4. The smallest absolute Gasteiger partial charge is 0.237 e. The predicted molar refractivity (Wildman–Crippen MR) is 130 cm³/mol. The highest BCUT2D eigenvalue weighted by molar-refractivity contribution is 8.00. The van der Waals surface area contributed by atoms with Crippen LogP contribution in [0.3, 0.4) is 0 Å². The molecule has 1 unspecified atom stereocenters. The molecule has 168 valence electrons. The molecule has 1 amide bonds. The van der Waals surface area contributed by atoms with Gasteiger partial charge in [0.2, 0.25) is 5.91 Å². The van der Waals surface area contributed by atoms with Gasteiger partial charge in [-0.25, -0.2) is 0 Å². The number of amides is 1. The maximum Gasteiger partial charge on any atom is 0.237 e. The van der Waals surface area contributed by atoms with Crippen LogP contribution in [0.1, 0.15) is 44.5 Å². The standard InChI is InChI=1S/C25H31N5OS/c1-3-20-12-14-21(15-13-20)26-24(31)19(2)32-25-28-27-23(18-29-16-8-5-9-17-29)30(25)22-10-6-4-7-11-22/h4,6-7,10-15,19H,3,5,8-9,16-18H2,1-2H3,(H,26,31). The predicted octanol–water partition coefficient (Wildman–Crippen LogP) is 4.93. The molecule has 2 heterocycles. The molecule has 1 aliphatic rings. The van der Waals surface area contributed by atoms with Crippen molar-refractivity contribution in [1.29, 1.82) is 0 Å². The van der Waals surface area contributed by atoms with Crippen molar-refractivity contribution in [2.75, 3.05) is 18.4 Å². The Kier molecular flexibility index (Phi) is 7.60. The summed E-state index contributed by atoms with van der Waals surface area (Å²) < 4.78 is 2.10. The Morgan fingerprint density at radius 1 is 1.03 bits per heavy atom. The van der Waals surface area contributed by atoms with Crippen molar-refractivity contribution in [1.82, 2.24) is 19.7 Å².